The summed E-state index contributed by atoms with van der Waals surface area (Å²) in [6, 6.07) is 0. The summed E-state index contributed by atoms with van der Waals surface area (Å²) in [5.41, 5.74) is 4.47. The van der Waals surface area contributed by atoms with E-state index < -0.39 is 6.29 Å². The number of aliphatic hydroxyl groups is 3. The summed E-state index contributed by atoms with van der Waals surface area (Å²) in [4.78, 5) is 0. The molecule has 0 aromatic rings. The molecule has 3 aliphatic rings. The largest absolute Gasteiger partial charge is 0.393 e. The van der Waals surface area contributed by atoms with Gasteiger partial charge in [0.2, 0.25) is 0 Å². The van der Waals surface area contributed by atoms with Crippen LogP contribution in [0.15, 0.2) is 35.5 Å². The average Bonchev–Trinajstić information content (AvgIpc) is 3.06. The van der Waals surface area contributed by atoms with E-state index in [1.807, 2.05) is 6.92 Å². The predicted octanol–water partition coefficient (Wildman–Crippen LogP) is 5.91. The van der Waals surface area contributed by atoms with Crippen molar-refractivity contribution in [3.63, 3.8) is 0 Å². The van der Waals surface area contributed by atoms with Crippen LogP contribution in [-0.4, -0.2) is 27.7 Å². The highest BCUT2D eigenvalue weighted by atomic mass is 16.5. The molecular weight excluding hydrogens is 372 g/mol. The molecule has 3 rings (SSSR count). The minimum Gasteiger partial charge on any atom is -0.393 e. The molecule has 0 amide bonds. The zero-order valence-corrected chi connectivity index (χ0v) is 19.4. The van der Waals surface area contributed by atoms with Gasteiger partial charge in [0.1, 0.15) is 0 Å². The molecule has 0 aliphatic heterocycles. The monoisotopic (exact) mass is 416 g/mol. The topological polar surface area (TPSA) is 60.7 Å². The Labute approximate surface area is 184 Å². The molecule has 0 bridgehead atoms. The Bertz CT molecular complexity index is 661. The van der Waals surface area contributed by atoms with Crippen LogP contribution in [0.3, 0.4) is 0 Å². The number of allylic oxidation sites excluding steroid dienone is 4. The van der Waals surface area contributed by atoms with E-state index in [2.05, 4.69) is 32.6 Å². The summed E-state index contributed by atoms with van der Waals surface area (Å²) >= 11 is 0. The summed E-state index contributed by atoms with van der Waals surface area (Å²) in [6.07, 6.45) is 15.4. The van der Waals surface area contributed by atoms with Crippen LogP contribution in [0.5, 0.6) is 0 Å². The highest BCUT2D eigenvalue weighted by Crippen LogP contribution is 2.60. The average molecular weight is 417 g/mol. The minimum atomic E-state index is -1.18. The number of hydrogen-bond acceptors (Lipinski definition) is 3. The molecule has 3 fully saturated rings. The van der Waals surface area contributed by atoms with Crippen molar-refractivity contribution in [3.8, 4) is 0 Å². The van der Waals surface area contributed by atoms with Gasteiger partial charge in [0.05, 0.1) is 6.10 Å². The maximum atomic E-state index is 10.0. The summed E-state index contributed by atoms with van der Waals surface area (Å²) in [7, 11) is 0. The van der Waals surface area contributed by atoms with Crippen molar-refractivity contribution < 1.29 is 15.3 Å². The third-order valence-corrected chi connectivity index (χ3v) is 8.74. The molecule has 0 spiro atoms. The van der Waals surface area contributed by atoms with E-state index in [4.69, 9.17) is 0 Å². The predicted molar refractivity (Wildman–Crippen MR) is 124 cm³/mol. The van der Waals surface area contributed by atoms with E-state index in [1.165, 1.54) is 49.7 Å². The van der Waals surface area contributed by atoms with Crippen molar-refractivity contribution in [1.82, 2.24) is 0 Å². The second kappa shape index (κ2) is 10.1. The van der Waals surface area contributed by atoms with E-state index >= 15 is 0 Å². The molecule has 0 aromatic carbocycles. The third-order valence-electron chi connectivity index (χ3n) is 8.74. The first-order valence-corrected chi connectivity index (χ1v) is 12.3. The first-order chi connectivity index (χ1) is 14.2. The first-order valence-electron chi connectivity index (χ1n) is 12.3. The second-order valence-corrected chi connectivity index (χ2v) is 10.8. The number of aliphatic hydroxyl groups excluding tert-OH is 2. The quantitative estimate of drug-likeness (QED) is 0.452. The standard InChI is InChI=1S/C27H44O3/c1-18-10-13-23(28)17-22(18)12-11-21-9-6-16-27(4)24(14-15-25(21)27)19(2)7-5-8-20(3)26(29)30/h11-12,19-20,23-26,28-30H,1,5-10,13-17H2,2-4H3/b21-11+,22-12-/t19-,20?,23+,24-,25?,27-/m1/s1. The van der Waals surface area contributed by atoms with E-state index in [9.17, 15) is 15.3 Å². The molecule has 30 heavy (non-hydrogen) atoms. The van der Waals surface area contributed by atoms with Gasteiger partial charge in [-0.1, -0.05) is 63.5 Å². The molecule has 3 aliphatic carbocycles. The van der Waals surface area contributed by atoms with Crippen LogP contribution in [-0.2, 0) is 0 Å². The van der Waals surface area contributed by atoms with Crippen LogP contribution in [0.25, 0.3) is 0 Å². The first kappa shape index (κ1) is 23.8. The van der Waals surface area contributed by atoms with Gasteiger partial charge in [-0.2, -0.15) is 0 Å². The van der Waals surface area contributed by atoms with Crippen molar-refractivity contribution in [2.75, 3.05) is 0 Å². The van der Waals surface area contributed by atoms with Gasteiger partial charge in [-0.15, -0.1) is 0 Å². The second-order valence-electron chi connectivity index (χ2n) is 10.8. The molecular formula is C27H44O3. The molecule has 3 saturated carbocycles. The van der Waals surface area contributed by atoms with Crippen LogP contribution in [0.1, 0.15) is 91.4 Å². The van der Waals surface area contributed by atoms with E-state index in [0.717, 1.165) is 38.0 Å². The van der Waals surface area contributed by atoms with Crippen LogP contribution in [0, 0.1) is 29.1 Å². The normalized spacial score (nSPS) is 37.0. The Kier molecular flexibility index (Phi) is 8.03. The molecule has 2 unspecified atom stereocenters. The van der Waals surface area contributed by atoms with E-state index in [0.29, 0.717) is 17.3 Å². The number of fused-ring (bicyclic) bond motifs is 1. The Morgan fingerprint density at radius 2 is 1.87 bits per heavy atom. The summed E-state index contributed by atoms with van der Waals surface area (Å²) < 4.78 is 0. The lowest BCUT2D eigenvalue weighted by atomic mass is 9.60. The van der Waals surface area contributed by atoms with Crippen molar-refractivity contribution in [3.05, 3.63) is 35.5 Å². The van der Waals surface area contributed by atoms with Crippen molar-refractivity contribution in [2.24, 2.45) is 29.1 Å². The van der Waals surface area contributed by atoms with Gasteiger partial charge in [0.25, 0.3) is 0 Å². The minimum absolute atomic E-state index is 0.0329. The van der Waals surface area contributed by atoms with Crippen molar-refractivity contribution in [1.29, 1.82) is 0 Å². The summed E-state index contributed by atoms with van der Waals surface area (Å²) in [6.45, 7) is 11.1. The van der Waals surface area contributed by atoms with Gasteiger partial charge < -0.3 is 15.3 Å². The fraction of sp³-hybridized carbons (Fsp3) is 0.778. The fourth-order valence-electron chi connectivity index (χ4n) is 6.72. The van der Waals surface area contributed by atoms with Gasteiger partial charge in [-0.3, -0.25) is 0 Å². The molecule has 6 atom stereocenters. The van der Waals surface area contributed by atoms with Gasteiger partial charge >= 0.3 is 0 Å². The number of hydrogen-bond donors (Lipinski definition) is 3. The highest BCUT2D eigenvalue weighted by molar-refractivity contribution is 5.36. The lowest BCUT2D eigenvalue weighted by molar-refractivity contribution is -0.0811. The smallest absolute Gasteiger partial charge is 0.154 e. The zero-order valence-electron chi connectivity index (χ0n) is 19.4. The Morgan fingerprint density at radius 3 is 2.60 bits per heavy atom. The van der Waals surface area contributed by atoms with Crippen LogP contribution in [0.4, 0.5) is 0 Å². The lowest BCUT2D eigenvalue weighted by Crippen LogP contribution is -2.36. The molecule has 0 aromatic heterocycles. The molecule has 0 saturated heterocycles. The fourth-order valence-corrected chi connectivity index (χ4v) is 6.72. The molecule has 3 N–H and O–H groups in total. The SMILES string of the molecule is C=C1CC[C@H](O)C/C1=C/C=C1\CCC[C@@]2(C)C1CC[C@@H]2[C@H](C)CCCC(C)C(O)O. The van der Waals surface area contributed by atoms with Gasteiger partial charge in [0.15, 0.2) is 6.29 Å². The summed E-state index contributed by atoms with van der Waals surface area (Å²) in [5.74, 6) is 2.11. The Hall–Kier alpha value is -0.900. The molecule has 0 radical (unpaired) electrons. The van der Waals surface area contributed by atoms with Gasteiger partial charge in [-0.25, -0.2) is 0 Å². The van der Waals surface area contributed by atoms with E-state index in [-0.39, 0.29) is 12.0 Å². The Balaban J connectivity index is 1.65. The van der Waals surface area contributed by atoms with Gasteiger partial charge in [0, 0.05) is 5.92 Å². The van der Waals surface area contributed by atoms with Crippen molar-refractivity contribution >= 4 is 0 Å². The molecule has 3 nitrogen and oxygen atoms in total. The van der Waals surface area contributed by atoms with Crippen LogP contribution >= 0.6 is 0 Å². The molecule has 170 valence electrons. The Morgan fingerprint density at radius 1 is 1.10 bits per heavy atom. The highest BCUT2D eigenvalue weighted by Gasteiger charge is 2.50. The van der Waals surface area contributed by atoms with E-state index in [1.54, 1.807) is 5.57 Å². The zero-order chi connectivity index (χ0) is 21.9. The van der Waals surface area contributed by atoms with Gasteiger partial charge in [-0.05, 0) is 86.5 Å². The third kappa shape index (κ3) is 5.29. The molecule has 0 heterocycles. The van der Waals surface area contributed by atoms with Crippen LogP contribution < -0.4 is 0 Å². The number of rotatable bonds is 7. The molecule has 3 heteroatoms. The maximum Gasteiger partial charge on any atom is 0.154 e. The lowest BCUT2D eigenvalue weighted by Gasteiger charge is -2.44. The van der Waals surface area contributed by atoms with Crippen molar-refractivity contribution in [2.45, 2.75) is 104 Å². The maximum absolute atomic E-state index is 10.0. The van der Waals surface area contributed by atoms with Crippen LogP contribution in [0.2, 0.25) is 0 Å². The summed E-state index contributed by atoms with van der Waals surface area (Å²) in [5, 5.41) is 28.7.